The number of hydrogen-bond donors (Lipinski definition) is 4. The number of carboxylic acids is 2. The van der Waals surface area contributed by atoms with Crippen LogP contribution in [0.1, 0.15) is 14.3 Å². The summed E-state index contributed by atoms with van der Waals surface area (Å²) in [7, 11) is 0. The molecule has 8 nitrogen and oxygen atoms in total. The summed E-state index contributed by atoms with van der Waals surface area (Å²) in [6, 6.07) is 4.99. The molecule has 0 amide bonds. The number of benzene rings is 1. The summed E-state index contributed by atoms with van der Waals surface area (Å²) in [6.45, 7) is 0. The van der Waals surface area contributed by atoms with Gasteiger partial charge in [0.05, 0.1) is 12.8 Å². The Morgan fingerprint density at radius 1 is 1.10 bits per heavy atom. The predicted molar refractivity (Wildman–Crippen MR) is 64.3 cm³/mol. The Hall–Kier alpha value is -1.61. The molecular formula is C12H13NaO8. The van der Waals surface area contributed by atoms with Crippen LogP contribution < -0.4 is 34.3 Å². The molecule has 110 valence electrons. The fourth-order valence-corrected chi connectivity index (χ4v) is 1.38. The third-order valence-corrected chi connectivity index (χ3v) is 2.35. The molecule has 0 saturated carbocycles. The van der Waals surface area contributed by atoms with Crippen molar-refractivity contribution in [1.82, 2.24) is 0 Å². The molecule has 0 aliphatic heterocycles. The van der Waals surface area contributed by atoms with Crippen molar-refractivity contribution in [2.75, 3.05) is 0 Å². The van der Waals surface area contributed by atoms with Gasteiger partial charge in [-0.1, -0.05) is 0 Å². The second-order valence-electron chi connectivity index (χ2n) is 4.05. The minimum Gasteiger partial charge on any atom is -1.00 e. The summed E-state index contributed by atoms with van der Waals surface area (Å²) in [6.07, 6.45) is -2.15. The van der Waals surface area contributed by atoms with Crippen LogP contribution in [0.25, 0.3) is 0 Å². The monoisotopic (exact) mass is 308 g/mol. The molecule has 4 N–H and O–H groups in total. The van der Waals surface area contributed by atoms with Gasteiger partial charge in [0.2, 0.25) is 0 Å². The molecule has 1 aromatic rings. The molecule has 0 fully saturated rings. The molecule has 1 atom stereocenters. The van der Waals surface area contributed by atoms with E-state index in [0.29, 0.717) is 0 Å². The topological polar surface area (TPSA) is 141 Å². The van der Waals surface area contributed by atoms with Gasteiger partial charge in [0.15, 0.2) is 5.60 Å². The maximum absolute atomic E-state index is 11.5. The van der Waals surface area contributed by atoms with Gasteiger partial charge in [-0.05, 0) is 24.3 Å². The van der Waals surface area contributed by atoms with Crippen molar-refractivity contribution in [3.05, 3.63) is 24.3 Å². The number of aromatic hydroxyl groups is 1. The second kappa shape index (κ2) is 7.99. The molecule has 1 aromatic carbocycles. The van der Waals surface area contributed by atoms with Gasteiger partial charge in [-0.2, -0.15) is 0 Å². The molecule has 0 aliphatic rings. The molecule has 9 heteroatoms. The molecular weight excluding hydrogens is 295 g/mol. The number of carbonyl (C=O) groups excluding carboxylic acids is 1. The number of phenols is 1. The van der Waals surface area contributed by atoms with Crippen molar-refractivity contribution < 1.29 is 70.5 Å². The number of phenolic OH excluding ortho intramolecular Hbond substituents is 1. The molecule has 0 spiro atoms. The third kappa shape index (κ3) is 6.13. The van der Waals surface area contributed by atoms with Crippen LogP contribution in [-0.4, -0.2) is 43.9 Å². The average molecular weight is 308 g/mol. The minimum atomic E-state index is -2.74. The van der Waals surface area contributed by atoms with E-state index in [4.69, 9.17) is 20.1 Å². The molecule has 0 heterocycles. The molecule has 0 radical (unpaired) electrons. The number of aliphatic hydroxyl groups is 1. The Balaban J connectivity index is 0. The Morgan fingerprint density at radius 3 is 2.05 bits per heavy atom. The molecule has 0 bridgehead atoms. The van der Waals surface area contributed by atoms with Crippen LogP contribution in [0.3, 0.4) is 0 Å². The van der Waals surface area contributed by atoms with E-state index in [9.17, 15) is 19.5 Å². The van der Waals surface area contributed by atoms with Gasteiger partial charge in [-0.25, -0.2) is 4.79 Å². The smallest absolute Gasteiger partial charge is 1.00 e. The number of rotatable bonds is 6. The van der Waals surface area contributed by atoms with Gasteiger partial charge in [0.1, 0.15) is 11.5 Å². The minimum absolute atomic E-state index is 0. The first kappa shape index (κ1) is 19.4. The normalized spacial score (nSPS) is 12.6. The van der Waals surface area contributed by atoms with E-state index in [-0.39, 0.29) is 42.5 Å². The van der Waals surface area contributed by atoms with E-state index >= 15 is 0 Å². The number of ether oxygens (including phenoxy) is 1. The molecule has 0 aliphatic carbocycles. The zero-order valence-corrected chi connectivity index (χ0v) is 13.1. The summed E-state index contributed by atoms with van der Waals surface area (Å²) in [5.74, 6) is -4.54. The maximum Gasteiger partial charge on any atom is 1.00 e. The Kier molecular flexibility index (Phi) is 7.37. The van der Waals surface area contributed by atoms with E-state index in [1.807, 2.05) is 0 Å². The third-order valence-electron chi connectivity index (χ3n) is 2.35. The van der Waals surface area contributed by atoms with Crippen LogP contribution in [0.4, 0.5) is 0 Å². The fraction of sp³-hybridized carbons (Fsp3) is 0.250. The first-order valence-electron chi connectivity index (χ1n) is 5.40. The van der Waals surface area contributed by atoms with Gasteiger partial charge in [0, 0.05) is 0 Å². The fourth-order valence-electron chi connectivity index (χ4n) is 1.38. The number of hydrogen-bond acceptors (Lipinski definition) is 6. The van der Waals surface area contributed by atoms with E-state index in [2.05, 4.69) is 0 Å². The molecule has 21 heavy (non-hydrogen) atoms. The summed E-state index contributed by atoms with van der Waals surface area (Å²) < 4.78 is 4.73. The van der Waals surface area contributed by atoms with E-state index < -0.39 is 36.4 Å². The van der Waals surface area contributed by atoms with Gasteiger partial charge in [0.25, 0.3) is 0 Å². The molecule has 0 saturated heterocycles. The Labute approximate surface area is 142 Å². The molecule has 1 unspecified atom stereocenters. The van der Waals surface area contributed by atoms with Crippen molar-refractivity contribution in [2.24, 2.45) is 0 Å². The molecule has 0 aromatic heterocycles. The largest absolute Gasteiger partial charge is 1.00 e. The van der Waals surface area contributed by atoms with Crippen molar-refractivity contribution in [1.29, 1.82) is 0 Å². The van der Waals surface area contributed by atoms with Gasteiger partial charge in [-0.3, -0.25) is 9.59 Å². The van der Waals surface area contributed by atoms with Crippen molar-refractivity contribution in [3.63, 3.8) is 0 Å². The van der Waals surface area contributed by atoms with Crippen molar-refractivity contribution in [3.8, 4) is 11.5 Å². The van der Waals surface area contributed by atoms with Gasteiger partial charge < -0.3 is 26.6 Å². The summed E-state index contributed by atoms with van der Waals surface area (Å²) in [5, 5.41) is 36.0. The van der Waals surface area contributed by atoms with Crippen LogP contribution >= 0.6 is 0 Å². The first-order valence-corrected chi connectivity index (χ1v) is 5.40. The van der Waals surface area contributed by atoms with Crippen molar-refractivity contribution in [2.45, 2.75) is 18.4 Å². The summed E-state index contributed by atoms with van der Waals surface area (Å²) in [4.78, 5) is 32.8. The quantitative estimate of drug-likeness (QED) is 0.249. The van der Waals surface area contributed by atoms with Crippen LogP contribution in [0.15, 0.2) is 24.3 Å². The average Bonchev–Trinajstić information content (AvgIpc) is 2.30. The van der Waals surface area contributed by atoms with Crippen LogP contribution in [0.2, 0.25) is 0 Å². The summed E-state index contributed by atoms with van der Waals surface area (Å²) >= 11 is 0. The second-order valence-corrected chi connectivity index (χ2v) is 4.05. The standard InChI is InChI=1S/C12H12O8.Na.H/c13-7-1-3-8(4-2-7)20-10(16)6-12(19,11(17)18)5-9(14)15;;/h1-4,13,19H,5-6H2,(H,14,15)(H,17,18);;/q;+1;-1. The van der Waals surface area contributed by atoms with Gasteiger partial charge >= 0.3 is 47.5 Å². The number of carbonyl (C=O) groups is 3. The Morgan fingerprint density at radius 2 is 1.62 bits per heavy atom. The SMILES string of the molecule is O=C(O)CC(O)(CC(=O)Oc1ccc(O)cc1)C(=O)O.[H-].[Na+]. The van der Waals surface area contributed by atoms with E-state index in [1.54, 1.807) is 0 Å². The summed E-state index contributed by atoms with van der Waals surface area (Å²) in [5.41, 5.74) is -2.74. The first-order chi connectivity index (χ1) is 9.23. The van der Waals surface area contributed by atoms with E-state index in [0.717, 1.165) is 0 Å². The van der Waals surface area contributed by atoms with E-state index in [1.165, 1.54) is 24.3 Å². The van der Waals surface area contributed by atoms with Gasteiger partial charge in [-0.15, -0.1) is 0 Å². The molecule has 1 rings (SSSR count). The van der Waals surface area contributed by atoms with Crippen LogP contribution in [0.5, 0.6) is 11.5 Å². The van der Waals surface area contributed by atoms with Crippen LogP contribution in [0, 0.1) is 0 Å². The number of aliphatic carboxylic acids is 2. The Bertz CT molecular complexity index is 532. The maximum atomic E-state index is 11.5. The number of carboxylic acid groups (broad SMARTS) is 2. The van der Waals surface area contributed by atoms with Crippen molar-refractivity contribution >= 4 is 17.9 Å². The number of esters is 1. The zero-order chi connectivity index (χ0) is 15.3. The predicted octanol–water partition coefficient (Wildman–Crippen LogP) is -2.91. The zero-order valence-electron chi connectivity index (χ0n) is 12.1. The van der Waals surface area contributed by atoms with Crippen LogP contribution in [-0.2, 0) is 14.4 Å².